The van der Waals surface area contributed by atoms with Crippen molar-refractivity contribution in [2.75, 3.05) is 11.9 Å². The molecule has 1 aliphatic heterocycles. The van der Waals surface area contributed by atoms with Crippen molar-refractivity contribution in [1.82, 2.24) is 19.7 Å². The SMILES string of the molecule is Cc1sc2c(c1C)C(c1ccc(N(C)Cc3cccnc3)cc1)=NC([C@H](C)C(=O)O)c1nnc(C)n1-2. The maximum atomic E-state index is 12.0. The standard InChI is InChI=1S/C27H28N6O2S/c1-15-17(3)36-26-22(15)24(29-23(16(2)27(34)35)25-31-30-18(4)33(25)26)20-8-10-21(11-9-20)32(5)14-19-7-6-12-28-13-19/h6-13,16,23H,14H2,1-5H3,(H,34,35)/t16-,23?/m0/s1. The number of aliphatic carboxylic acids is 1. The molecule has 0 saturated heterocycles. The number of aryl methyl sites for hydroxylation is 2. The van der Waals surface area contributed by atoms with Gasteiger partial charge in [0.1, 0.15) is 16.9 Å². The van der Waals surface area contributed by atoms with Crippen molar-refractivity contribution < 1.29 is 9.90 Å². The maximum Gasteiger partial charge on any atom is 0.308 e. The molecule has 3 aromatic heterocycles. The van der Waals surface area contributed by atoms with Gasteiger partial charge in [0.2, 0.25) is 0 Å². The van der Waals surface area contributed by atoms with Crippen molar-refractivity contribution in [2.24, 2.45) is 10.9 Å². The molecule has 9 heteroatoms. The summed E-state index contributed by atoms with van der Waals surface area (Å²) in [5.74, 6) is -0.393. The van der Waals surface area contributed by atoms with Gasteiger partial charge in [0.25, 0.3) is 0 Å². The lowest BCUT2D eigenvalue weighted by Crippen LogP contribution is -2.21. The number of carboxylic acid groups (broad SMARTS) is 1. The Hall–Kier alpha value is -3.85. The summed E-state index contributed by atoms with van der Waals surface area (Å²) in [4.78, 5) is 24.7. The van der Waals surface area contributed by atoms with Gasteiger partial charge in [-0.3, -0.25) is 19.3 Å². The molecule has 1 N–H and O–H groups in total. The van der Waals surface area contributed by atoms with E-state index in [4.69, 9.17) is 4.99 Å². The van der Waals surface area contributed by atoms with E-state index in [0.717, 1.165) is 51.0 Å². The Kier molecular flexibility index (Phi) is 6.17. The topological polar surface area (TPSA) is 96.5 Å². The third-order valence-electron chi connectivity index (χ3n) is 6.78. The van der Waals surface area contributed by atoms with Crippen molar-refractivity contribution in [2.45, 2.75) is 40.3 Å². The Balaban J connectivity index is 1.60. The number of thiophene rings is 1. The Morgan fingerprint density at radius 2 is 1.92 bits per heavy atom. The Labute approximate surface area is 214 Å². The van der Waals surface area contributed by atoms with Crippen LogP contribution in [-0.4, -0.2) is 43.6 Å². The lowest BCUT2D eigenvalue weighted by molar-refractivity contribution is -0.141. The molecule has 36 heavy (non-hydrogen) atoms. The average molecular weight is 501 g/mol. The Morgan fingerprint density at radius 1 is 1.17 bits per heavy atom. The van der Waals surface area contributed by atoms with E-state index in [1.54, 1.807) is 24.5 Å². The van der Waals surface area contributed by atoms with Crippen LogP contribution in [0.1, 0.15) is 51.7 Å². The highest BCUT2D eigenvalue weighted by atomic mass is 32.1. The van der Waals surface area contributed by atoms with E-state index in [1.165, 1.54) is 4.88 Å². The third kappa shape index (κ3) is 4.09. The Bertz CT molecular complexity index is 1460. The number of rotatable bonds is 6. The second kappa shape index (κ2) is 9.31. The summed E-state index contributed by atoms with van der Waals surface area (Å²) in [6.07, 6.45) is 3.65. The fourth-order valence-electron chi connectivity index (χ4n) is 4.55. The zero-order chi connectivity index (χ0) is 25.6. The number of hydrogen-bond donors (Lipinski definition) is 1. The number of aromatic nitrogens is 4. The van der Waals surface area contributed by atoms with E-state index < -0.39 is 17.9 Å². The number of carboxylic acids is 1. The molecule has 0 saturated carbocycles. The molecule has 1 unspecified atom stereocenters. The smallest absolute Gasteiger partial charge is 0.308 e. The van der Waals surface area contributed by atoms with Crippen molar-refractivity contribution in [3.05, 3.63) is 87.6 Å². The van der Waals surface area contributed by atoms with Gasteiger partial charge in [0.15, 0.2) is 5.82 Å². The summed E-state index contributed by atoms with van der Waals surface area (Å²) in [5.41, 5.74) is 6.08. The summed E-state index contributed by atoms with van der Waals surface area (Å²) >= 11 is 1.66. The van der Waals surface area contributed by atoms with Crippen LogP contribution < -0.4 is 4.90 Å². The van der Waals surface area contributed by atoms with Gasteiger partial charge >= 0.3 is 5.97 Å². The number of hydrogen-bond acceptors (Lipinski definition) is 7. The van der Waals surface area contributed by atoms with Crippen LogP contribution in [0.15, 0.2) is 53.8 Å². The average Bonchev–Trinajstić information content (AvgIpc) is 3.34. The summed E-state index contributed by atoms with van der Waals surface area (Å²) in [7, 11) is 2.05. The minimum absolute atomic E-state index is 0.563. The third-order valence-corrected chi connectivity index (χ3v) is 7.97. The van der Waals surface area contributed by atoms with Crippen molar-refractivity contribution in [3.8, 4) is 5.00 Å². The molecule has 1 aromatic carbocycles. The predicted octanol–water partition coefficient (Wildman–Crippen LogP) is 4.90. The monoisotopic (exact) mass is 500 g/mol. The van der Waals surface area contributed by atoms with Crippen LogP contribution in [0.25, 0.3) is 5.00 Å². The zero-order valence-electron chi connectivity index (χ0n) is 20.9. The molecule has 1 aliphatic rings. The predicted molar refractivity (Wildman–Crippen MR) is 141 cm³/mol. The van der Waals surface area contributed by atoms with E-state index in [1.807, 2.05) is 23.8 Å². The molecule has 0 amide bonds. The minimum atomic E-state index is -0.916. The van der Waals surface area contributed by atoms with Gasteiger partial charge in [-0.2, -0.15) is 0 Å². The van der Waals surface area contributed by atoms with Crippen LogP contribution in [-0.2, 0) is 11.3 Å². The molecular weight excluding hydrogens is 472 g/mol. The second-order valence-corrected chi connectivity index (χ2v) is 10.4. The molecule has 0 fully saturated rings. The molecule has 5 rings (SSSR count). The number of benzene rings is 1. The van der Waals surface area contributed by atoms with Crippen LogP contribution in [0, 0.1) is 26.7 Å². The van der Waals surface area contributed by atoms with Gasteiger partial charge in [-0.1, -0.05) is 18.2 Å². The molecule has 4 heterocycles. The first-order valence-electron chi connectivity index (χ1n) is 11.8. The van der Waals surface area contributed by atoms with E-state index in [0.29, 0.717) is 5.82 Å². The first-order valence-corrected chi connectivity index (χ1v) is 12.6. The first kappa shape index (κ1) is 23.9. The molecule has 0 radical (unpaired) electrons. The minimum Gasteiger partial charge on any atom is -0.481 e. The Morgan fingerprint density at radius 3 is 2.58 bits per heavy atom. The number of aliphatic imine (C=N–C) groups is 1. The number of anilines is 1. The van der Waals surface area contributed by atoms with Crippen molar-refractivity contribution >= 4 is 28.7 Å². The van der Waals surface area contributed by atoms with Crippen molar-refractivity contribution in [1.29, 1.82) is 0 Å². The van der Waals surface area contributed by atoms with Gasteiger partial charge < -0.3 is 10.0 Å². The number of pyridine rings is 1. The van der Waals surface area contributed by atoms with E-state index >= 15 is 0 Å². The fourth-order valence-corrected chi connectivity index (χ4v) is 5.76. The fraction of sp³-hybridized carbons (Fsp3) is 0.296. The number of nitrogens with zero attached hydrogens (tertiary/aromatic N) is 6. The van der Waals surface area contributed by atoms with Gasteiger partial charge in [-0.15, -0.1) is 21.5 Å². The quantitative estimate of drug-likeness (QED) is 0.405. The highest BCUT2D eigenvalue weighted by Gasteiger charge is 2.36. The highest BCUT2D eigenvalue weighted by Crippen LogP contribution is 2.40. The largest absolute Gasteiger partial charge is 0.481 e. The lowest BCUT2D eigenvalue weighted by atomic mass is 9.98. The highest BCUT2D eigenvalue weighted by molar-refractivity contribution is 7.15. The second-order valence-electron chi connectivity index (χ2n) is 9.22. The van der Waals surface area contributed by atoms with Crippen LogP contribution in [0.3, 0.4) is 0 Å². The molecular formula is C27H28N6O2S. The van der Waals surface area contributed by atoms with Gasteiger partial charge in [0, 0.05) is 47.7 Å². The van der Waals surface area contributed by atoms with E-state index in [2.05, 4.69) is 71.3 Å². The summed E-state index contributed by atoms with van der Waals surface area (Å²) in [6.45, 7) is 8.50. The molecule has 184 valence electrons. The molecule has 0 aliphatic carbocycles. The van der Waals surface area contributed by atoms with Crippen LogP contribution >= 0.6 is 11.3 Å². The normalized spacial score (nSPS) is 15.5. The maximum absolute atomic E-state index is 12.0. The van der Waals surface area contributed by atoms with Crippen LogP contribution in [0.5, 0.6) is 0 Å². The summed E-state index contributed by atoms with van der Waals surface area (Å²) in [5, 5.41) is 19.5. The van der Waals surface area contributed by atoms with Crippen molar-refractivity contribution in [3.63, 3.8) is 0 Å². The molecule has 4 aromatic rings. The van der Waals surface area contributed by atoms with E-state index in [-0.39, 0.29) is 0 Å². The zero-order valence-corrected chi connectivity index (χ0v) is 21.7. The molecule has 2 atom stereocenters. The van der Waals surface area contributed by atoms with Gasteiger partial charge in [0.05, 0.1) is 11.6 Å². The number of fused-ring (bicyclic) bond motifs is 3. The molecule has 8 nitrogen and oxygen atoms in total. The van der Waals surface area contributed by atoms with Gasteiger partial charge in [-0.05, 0) is 57.0 Å². The molecule has 0 spiro atoms. The van der Waals surface area contributed by atoms with Crippen LogP contribution in [0.4, 0.5) is 5.69 Å². The first-order chi connectivity index (χ1) is 17.3. The van der Waals surface area contributed by atoms with E-state index in [9.17, 15) is 9.90 Å². The molecule has 0 bridgehead atoms. The van der Waals surface area contributed by atoms with Gasteiger partial charge in [-0.25, -0.2) is 0 Å². The summed E-state index contributed by atoms with van der Waals surface area (Å²) in [6, 6.07) is 11.6. The van der Waals surface area contributed by atoms with Crippen LogP contribution in [0.2, 0.25) is 0 Å². The number of carbonyl (C=O) groups is 1. The summed E-state index contributed by atoms with van der Waals surface area (Å²) < 4.78 is 1.98. The lowest BCUT2D eigenvalue weighted by Gasteiger charge is -2.20.